The lowest BCUT2D eigenvalue weighted by Gasteiger charge is -2.28. The first-order valence-electron chi connectivity index (χ1n) is 8.14. The number of rotatable bonds is 6. The van der Waals surface area contributed by atoms with Gasteiger partial charge in [0.1, 0.15) is 11.4 Å². The minimum Gasteiger partial charge on any atom is -0.344 e. The van der Waals surface area contributed by atoms with Gasteiger partial charge < -0.3 is 16.0 Å². The fraction of sp³-hybridized carbons (Fsp3) is 0.800. The highest BCUT2D eigenvalue weighted by molar-refractivity contribution is 8.00. The SMILES string of the molecule is CC(C)[C@H](NC(=O)[C@@H]1CCCN1C(=O)CN)C(=O)C1NCCS1. The number of nitrogens with two attached hydrogens (primary N) is 1. The highest BCUT2D eigenvalue weighted by atomic mass is 32.2. The summed E-state index contributed by atoms with van der Waals surface area (Å²) in [5.74, 6) is 0.429. The van der Waals surface area contributed by atoms with E-state index in [1.807, 2.05) is 13.8 Å². The van der Waals surface area contributed by atoms with Crippen LogP contribution in [0.25, 0.3) is 0 Å². The van der Waals surface area contributed by atoms with Crippen molar-refractivity contribution in [3.05, 3.63) is 0 Å². The van der Waals surface area contributed by atoms with Gasteiger partial charge in [-0.05, 0) is 18.8 Å². The summed E-state index contributed by atoms with van der Waals surface area (Å²) in [4.78, 5) is 38.6. The molecule has 0 aromatic carbocycles. The predicted molar refractivity (Wildman–Crippen MR) is 89.8 cm³/mol. The van der Waals surface area contributed by atoms with Gasteiger partial charge in [0.05, 0.1) is 12.6 Å². The summed E-state index contributed by atoms with van der Waals surface area (Å²) in [5.41, 5.74) is 5.41. The highest BCUT2D eigenvalue weighted by Gasteiger charge is 2.37. The molecule has 0 aliphatic carbocycles. The molecule has 0 spiro atoms. The van der Waals surface area contributed by atoms with E-state index in [0.717, 1.165) is 18.7 Å². The Labute approximate surface area is 141 Å². The Morgan fingerprint density at radius 2 is 2.13 bits per heavy atom. The minimum absolute atomic E-state index is 0.00508. The molecule has 23 heavy (non-hydrogen) atoms. The smallest absolute Gasteiger partial charge is 0.243 e. The van der Waals surface area contributed by atoms with Crippen molar-refractivity contribution in [2.75, 3.05) is 25.4 Å². The van der Waals surface area contributed by atoms with Gasteiger partial charge in [-0.1, -0.05) is 13.8 Å². The maximum atomic E-state index is 12.6. The number of hydrogen-bond acceptors (Lipinski definition) is 6. The second kappa shape index (κ2) is 8.12. The van der Waals surface area contributed by atoms with E-state index in [0.29, 0.717) is 13.0 Å². The zero-order valence-corrected chi connectivity index (χ0v) is 14.5. The Morgan fingerprint density at radius 3 is 2.70 bits per heavy atom. The van der Waals surface area contributed by atoms with Crippen molar-refractivity contribution < 1.29 is 14.4 Å². The molecule has 0 aromatic heterocycles. The molecule has 0 saturated carbocycles. The first kappa shape index (κ1) is 18.2. The molecule has 1 unspecified atom stereocenters. The van der Waals surface area contributed by atoms with Crippen LogP contribution >= 0.6 is 11.8 Å². The van der Waals surface area contributed by atoms with Crippen molar-refractivity contribution >= 4 is 29.4 Å². The van der Waals surface area contributed by atoms with Crippen LogP contribution in [0.2, 0.25) is 0 Å². The first-order chi connectivity index (χ1) is 11.0. The number of thioether (sulfide) groups is 1. The van der Waals surface area contributed by atoms with Gasteiger partial charge in [-0.2, -0.15) is 0 Å². The predicted octanol–water partition coefficient (Wildman–Crippen LogP) is -0.691. The average molecular weight is 342 g/mol. The fourth-order valence-corrected chi connectivity index (χ4v) is 4.06. The lowest BCUT2D eigenvalue weighted by Crippen LogP contribution is -2.55. The average Bonchev–Trinajstić information content (AvgIpc) is 3.21. The Kier molecular flexibility index (Phi) is 6.43. The van der Waals surface area contributed by atoms with Gasteiger partial charge in [0, 0.05) is 18.8 Å². The molecule has 7 nitrogen and oxygen atoms in total. The second-order valence-electron chi connectivity index (χ2n) is 6.29. The summed E-state index contributed by atoms with van der Waals surface area (Å²) < 4.78 is 0. The zero-order chi connectivity index (χ0) is 17.0. The van der Waals surface area contributed by atoms with E-state index in [-0.39, 0.29) is 35.4 Å². The largest absolute Gasteiger partial charge is 0.344 e. The summed E-state index contributed by atoms with van der Waals surface area (Å²) in [6, 6.07) is -1.05. The third-order valence-corrected chi connectivity index (χ3v) is 5.47. The van der Waals surface area contributed by atoms with Crippen LogP contribution < -0.4 is 16.4 Å². The molecule has 2 fully saturated rings. The van der Waals surface area contributed by atoms with E-state index in [4.69, 9.17) is 5.73 Å². The van der Waals surface area contributed by atoms with E-state index >= 15 is 0 Å². The molecule has 0 aromatic rings. The lowest BCUT2D eigenvalue weighted by atomic mass is 9.98. The van der Waals surface area contributed by atoms with Crippen molar-refractivity contribution in [3.8, 4) is 0 Å². The molecule has 2 saturated heterocycles. The molecule has 130 valence electrons. The van der Waals surface area contributed by atoms with Gasteiger partial charge >= 0.3 is 0 Å². The molecule has 3 atom stereocenters. The molecule has 2 aliphatic rings. The monoisotopic (exact) mass is 342 g/mol. The number of carbonyl (C=O) groups excluding carboxylic acids is 3. The number of carbonyl (C=O) groups is 3. The third-order valence-electron chi connectivity index (χ3n) is 4.30. The molecule has 2 rings (SSSR count). The number of ketones is 1. The van der Waals surface area contributed by atoms with Gasteiger partial charge in [-0.3, -0.25) is 19.7 Å². The second-order valence-corrected chi connectivity index (χ2v) is 7.50. The van der Waals surface area contributed by atoms with E-state index in [1.165, 1.54) is 4.90 Å². The highest BCUT2D eigenvalue weighted by Crippen LogP contribution is 2.21. The minimum atomic E-state index is -0.541. The molecule has 2 amide bonds. The summed E-state index contributed by atoms with van der Waals surface area (Å²) in [6.07, 6.45) is 1.40. The maximum absolute atomic E-state index is 12.6. The fourth-order valence-electron chi connectivity index (χ4n) is 3.04. The van der Waals surface area contributed by atoms with Gasteiger partial charge in [-0.15, -0.1) is 11.8 Å². The molecular formula is C15H26N4O3S. The lowest BCUT2D eigenvalue weighted by molar-refractivity contribution is -0.138. The molecular weight excluding hydrogens is 316 g/mol. The summed E-state index contributed by atoms with van der Waals surface area (Å²) in [5, 5.41) is 5.76. The van der Waals surface area contributed by atoms with Crippen LogP contribution in [-0.4, -0.2) is 65.3 Å². The number of nitrogens with zero attached hydrogens (tertiary/aromatic N) is 1. The van der Waals surface area contributed by atoms with Crippen LogP contribution in [0.4, 0.5) is 0 Å². The Morgan fingerprint density at radius 1 is 1.39 bits per heavy atom. The summed E-state index contributed by atoms with van der Waals surface area (Å²) >= 11 is 1.57. The molecule has 2 aliphatic heterocycles. The van der Waals surface area contributed by atoms with Crippen LogP contribution in [0.15, 0.2) is 0 Å². The van der Waals surface area contributed by atoms with Crippen molar-refractivity contribution in [2.24, 2.45) is 11.7 Å². The van der Waals surface area contributed by atoms with Crippen LogP contribution in [0, 0.1) is 5.92 Å². The van der Waals surface area contributed by atoms with E-state index < -0.39 is 12.1 Å². The molecule has 8 heteroatoms. The van der Waals surface area contributed by atoms with E-state index in [2.05, 4.69) is 10.6 Å². The van der Waals surface area contributed by atoms with E-state index in [1.54, 1.807) is 11.8 Å². The normalized spacial score (nSPS) is 25.7. The molecule has 4 N–H and O–H groups in total. The van der Waals surface area contributed by atoms with Crippen molar-refractivity contribution in [3.63, 3.8) is 0 Å². The van der Waals surface area contributed by atoms with Gasteiger partial charge in [0.2, 0.25) is 11.8 Å². The van der Waals surface area contributed by atoms with Gasteiger partial charge in [-0.25, -0.2) is 0 Å². The number of hydrogen-bond donors (Lipinski definition) is 3. The van der Waals surface area contributed by atoms with Crippen LogP contribution in [-0.2, 0) is 14.4 Å². The number of amides is 2. The molecule has 0 bridgehead atoms. The van der Waals surface area contributed by atoms with Gasteiger partial charge in [0.25, 0.3) is 0 Å². The Balaban J connectivity index is 2.02. The first-order valence-corrected chi connectivity index (χ1v) is 9.19. The Hall–Kier alpha value is -1.12. The van der Waals surface area contributed by atoms with Gasteiger partial charge in [0.15, 0.2) is 5.78 Å². The van der Waals surface area contributed by atoms with Crippen LogP contribution in [0.1, 0.15) is 26.7 Å². The van der Waals surface area contributed by atoms with Crippen LogP contribution in [0.3, 0.4) is 0 Å². The van der Waals surface area contributed by atoms with Crippen molar-refractivity contribution in [2.45, 2.75) is 44.1 Å². The number of likely N-dealkylation sites (tertiary alicyclic amines) is 1. The maximum Gasteiger partial charge on any atom is 0.243 e. The number of Topliss-reactive ketones (excluding diaryl/α,β-unsaturated/α-hetero) is 1. The van der Waals surface area contributed by atoms with Crippen molar-refractivity contribution in [1.29, 1.82) is 0 Å². The molecule has 2 heterocycles. The van der Waals surface area contributed by atoms with Crippen molar-refractivity contribution in [1.82, 2.24) is 15.5 Å². The zero-order valence-electron chi connectivity index (χ0n) is 13.7. The standard InChI is InChI=1S/C15H26N4O3S/c1-9(2)12(13(21)15-17-5-7-23-15)18-14(22)10-4-3-6-19(10)11(20)8-16/h9-10,12,15,17H,3-8,16H2,1-2H3,(H,18,22)/t10-,12-,15?/m0/s1. The number of nitrogens with one attached hydrogen (secondary N) is 2. The topological polar surface area (TPSA) is 105 Å². The summed E-state index contributed by atoms with van der Waals surface area (Å²) in [6.45, 7) is 5.09. The third kappa shape index (κ3) is 4.24. The molecule has 0 radical (unpaired) electrons. The van der Waals surface area contributed by atoms with Crippen LogP contribution in [0.5, 0.6) is 0 Å². The van der Waals surface area contributed by atoms with E-state index in [9.17, 15) is 14.4 Å². The quantitative estimate of drug-likeness (QED) is 0.590. The summed E-state index contributed by atoms with van der Waals surface area (Å²) in [7, 11) is 0. The Bertz CT molecular complexity index is 466.